The van der Waals surface area contributed by atoms with Gasteiger partial charge in [0.25, 0.3) is 5.91 Å². The van der Waals surface area contributed by atoms with Crippen LogP contribution in [0.2, 0.25) is 0 Å². The van der Waals surface area contributed by atoms with Crippen molar-refractivity contribution in [3.8, 4) is 5.69 Å². The van der Waals surface area contributed by atoms with Gasteiger partial charge in [-0.05, 0) is 32.9 Å². The van der Waals surface area contributed by atoms with Crippen LogP contribution in [0, 0.1) is 6.92 Å². The third-order valence-electron chi connectivity index (χ3n) is 4.69. The lowest BCUT2D eigenvalue weighted by atomic mass is 10.1. The molecule has 2 aromatic heterocycles. The summed E-state index contributed by atoms with van der Waals surface area (Å²) >= 11 is 0. The molecule has 0 bridgehead atoms. The SMILES string of the molecule is Cc1c(C(=O)N2C[C@H](C)O[C@@H](C)C2)nnn1-c1cccc2cnccc12. The van der Waals surface area contributed by atoms with Gasteiger partial charge in [-0.3, -0.25) is 9.78 Å². The summed E-state index contributed by atoms with van der Waals surface area (Å²) in [5, 5.41) is 10.5. The maximum atomic E-state index is 13.0. The maximum Gasteiger partial charge on any atom is 0.276 e. The molecule has 0 spiro atoms. The van der Waals surface area contributed by atoms with Crippen LogP contribution >= 0.6 is 0 Å². The number of rotatable bonds is 2. The molecule has 1 amide bonds. The molecule has 0 aliphatic carbocycles. The molecule has 1 saturated heterocycles. The molecule has 1 fully saturated rings. The fourth-order valence-electron chi connectivity index (χ4n) is 3.54. The number of fused-ring (bicyclic) bond motifs is 1. The van der Waals surface area contributed by atoms with Crippen LogP contribution in [0.1, 0.15) is 30.0 Å². The highest BCUT2D eigenvalue weighted by atomic mass is 16.5. The molecule has 134 valence electrons. The highest BCUT2D eigenvalue weighted by Gasteiger charge is 2.29. The average Bonchev–Trinajstić information content (AvgIpc) is 3.01. The first kappa shape index (κ1) is 16.7. The summed E-state index contributed by atoms with van der Waals surface area (Å²) in [5.74, 6) is -0.0994. The predicted octanol–water partition coefficient (Wildman–Crippen LogP) is 2.37. The van der Waals surface area contributed by atoms with Gasteiger partial charge < -0.3 is 9.64 Å². The third-order valence-corrected chi connectivity index (χ3v) is 4.69. The van der Waals surface area contributed by atoms with E-state index in [4.69, 9.17) is 4.74 Å². The zero-order valence-corrected chi connectivity index (χ0v) is 15.1. The molecule has 0 radical (unpaired) electrons. The summed E-state index contributed by atoms with van der Waals surface area (Å²) in [6.07, 6.45) is 3.60. The molecule has 4 rings (SSSR count). The standard InChI is InChI=1S/C19H21N5O2/c1-12-10-23(11-13(2)26-12)19(25)18-14(3)24(22-21-18)17-6-4-5-15-9-20-8-7-16(15)17/h4-9,12-13H,10-11H2,1-3H3/t12-,13-/m0/s1. The van der Waals surface area contributed by atoms with E-state index in [0.29, 0.717) is 18.8 Å². The molecule has 3 aromatic rings. The number of carbonyl (C=O) groups is 1. The van der Waals surface area contributed by atoms with Crippen molar-refractivity contribution in [3.63, 3.8) is 0 Å². The van der Waals surface area contributed by atoms with Gasteiger partial charge in [0.1, 0.15) is 0 Å². The largest absolute Gasteiger partial charge is 0.372 e. The van der Waals surface area contributed by atoms with E-state index in [9.17, 15) is 4.79 Å². The zero-order chi connectivity index (χ0) is 18.3. The van der Waals surface area contributed by atoms with E-state index in [0.717, 1.165) is 22.2 Å². The average molecular weight is 351 g/mol. The minimum atomic E-state index is -0.0994. The molecular formula is C19H21N5O2. The number of morpholine rings is 1. The Morgan fingerprint density at radius 3 is 2.73 bits per heavy atom. The summed E-state index contributed by atoms with van der Waals surface area (Å²) in [7, 11) is 0. The highest BCUT2D eigenvalue weighted by Crippen LogP contribution is 2.23. The van der Waals surface area contributed by atoms with Gasteiger partial charge in [-0.2, -0.15) is 0 Å². The number of amides is 1. The molecular weight excluding hydrogens is 330 g/mol. The van der Waals surface area contributed by atoms with E-state index in [1.807, 2.05) is 51.2 Å². The number of ether oxygens (including phenoxy) is 1. The van der Waals surface area contributed by atoms with E-state index >= 15 is 0 Å². The van der Waals surface area contributed by atoms with Gasteiger partial charge in [0, 0.05) is 36.3 Å². The fourth-order valence-corrected chi connectivity index (χ4v) is 3.54. The Bertz CT molecular complexity index is 952. The maximum absolute atomic E-state index is 13.0. The van der Waals surface area contributed by atoms with Crippen LogP contribution in [0.5, 0.6) is 0 Å². The van der Waals surface area contributed by atoms with E-state index < -0.39 is 0 Å². The molecule has 1 aromatic carbocycles. The summed E-state index contributed by atoms with van der Waals surface area (Å²) in [5.41, 5.74) is 2.00. The molecule has 26 heavy (non-hydrogen) atoms. The predicted molar refractivity (Wildman–Crippen MR) is 97.3 cm³/mol. The Morgan fingerprint density at radius 1 is 1.19 bits per heavy atom. The van der Waals surface area contributed by atoms with Crippen LogP contribution in [0.4, 0.5) is 0 Å². The Kier molecular flexibility index (Phi) is 4.16. The van der Waals surface area contributed by atoms with Crippen molar-refractivity contribution >= 4 is 16.7 Å². The monoisotopic (exact) mass is 351 g/mol. The van der Waals surface area contributed by atoms with Gasteiger partial charge in [0.05, 0.1) is 23.6 Å². The summed E-state index contributed by atoms with van der Waals surface area (Å²) in [6, 6.07) is 7.86. The molecule has 2 atom stereocenters. The highest BCUT2D eigenvalue weighted by molar-refractivity contribution is 5.94. The third kappa shape index (κ3) is 2.84. The van der Waals surface area contributed by atoms with Crippen molar-refractivity contribution in [2.45, 2.75) is 33.0 Å². The van der Waals surface area contributed by atoms with E-state index in [2.05, 4.69) is 15.3 Å². The minimum Gasteiger partial charge on any atom is -0.372 e. The first-order valence-electron chi connectivity index (χ1n) is 8.74. The lowest BCUT2D eigenvalue weighted by Gasteiger charge is -2.34. The van der Waals surface area contributed by atoms with Gasteiger partial charge in [-0.1, -0.05) is 17.3 Å². The lowest BCUT2D eigenvalue weighted by molar-refractivity contribution is -0.0587. The van der Waals surface area contributed by atoms with Crippen molar-refractivity contribution in [1.82, 2.24) is 24.9 Å². The molecule has 0 unspecified atom stereocenters. The number of hydrogen-bond donors (Lipinski definition) is 0. The number of hydrogen-bond acceptors (Lipinski definition) is 5. The molecule has 7 heteroatoms. The van der Waals surface area contributed by atoms with Gasteiger partial charge in [0.15, 0.2) is 5.69 Å². The second-order valence-electron chi connectivity index (χ2n) is 6.78. The molecule has 7 nitrogen and oxygen atoms in total. The quantitative estimate of drug-likeness (QED) is 0.709. The van der Waals surface area contributed by atoms with Crippen LogP contribution in [0.25, 0.3) is 16.5 Å². The Balaban J connectivity index is 1.71. The summed E-state index contributed by atoms with van der Waals surface area (Å²) in [6.45, 7) is 6.96. The molecule has 3 heterocycles. The van der Waals surface area contributed by atoms with Crippen molar-refractivity contribution in [1.29, 1.82) is 0 Å². The normalized spacial score (nSPS) is 20.5. The molecule has 1 aliphatic rings. The van der Waals surface area contributed by atoms with E-state index in [1.165, 1.54) is 0 Å². The minimum absolute atomic E-state index is 0.0172. The summed E-state index contributed by atoms with van der Waals surface area (Å²) < 4.78 is 7.44. The van der Waals surface area contributed by atoms with E-state index in [1.54, 1.807) is 15.8 Å². The van der Waals surface area contributed by atoms with Crippen LogP contribution in [-0.4, -0.2) is 56.1 Å². The Hall–Kier alpha value is -2.80. The number of nitrogens with zero attached hydrogens (tertiary/aromatic N) is 5. The molecule has 1 aliphatic heterocycles. The molecule has 0 saturated carbocycles. The summed E-state index contributed by atoms with van der Waals surface area (Å²) in [4.78, 5) is 18.9. The van der Waals surface area contributed by atoms with Gasteiger partial charge >= 0.3 is 0 Å². The Labute approximate surface area is 151 Å². The first-order chi connectivity index (χ1) is 12.5. The van der Waals surface area contributed by atoms with Gasteiger partial charge in [0.2, 0.25) is 0 Å². The van der Waals surface area contributed by atoms with Crippen molar-refractivity contribution < 1.29 is 9.53 Å². The number of aromatic nitrogens is 4. The van der Waals surface area contributed by atoms with Crippen LogP contribution in [0.3, 0.4) is 0 Å². The van der Waals surface area contributed by atoms with Crippen LogP contribution in [-0.2, 0) is 4.74 Å². The Morgan fingerprint density at radius 2 is 1.96 bits per heavy atom. The van der Waals surface area contributed by atoms with Crippen LogP contribution in [0.15, 0.2) is 36.7 Å². The second-order valence-corrected chi connectivity index (χ2v) is 6.78. The smallest absolute Gasteiger partial charge is 0.276 e. The van der Waals surface area contributed by atoms with Crippen molar-refractivity contribution in [2.24, 2.45) is 0 Å². The van der Waals surface area contributed by atoms with Crippen molar-refractivity contribution in [3.05, 3.63) is 48.0 Å². The molecule has 0 N–H and O–H groups in total. The number of pyridine rings is 1. The fraction of sp³-hybridized carbons (Fsp3) is 0.368. The number of carbonyl (C=O) groups excluding carboxylic acids is 1. The van der Waals surface area contributed by atoms with Crippen LogP contribution < -0.4 is 0 Å². The zero-order valence-electron chi connectivity index (χ0n) is 15.1. The number of benzene rings is 1. The first-order valence-corrected chi connectivity index (χ1v) is 8.74. The second kappa shape index (κ2) is 6.49. The van der Waals surface area contributed by atoms with E-state index in [-0.39, 0.29) is 18.1 Å². The lowest BCUT2D eigenvalue weighted by Crippen LogP contribution is -2.48. The van der Waals surface area contributed by atoms with Crippen molar-refractivity contribution in [2.75, 3.05) is 13.1 Å². The van der Waals surface area contributed by atoms with Gasteiger partial charge in [-0.15, -0.1) is 5.10 Å². The van der Waals surface area contributed by atoms with Gasteiger partial charge in [-0.25, -0.2) is 4.68 Å². The topological polar surface area (TPSA) is 73.1 Å².